The van der Waals surface area contributed by atoms with E-state index < -0.39 is 12.3 Å². The van der Waals surface area contributed by atoms with Crippen LogP contribution in [0.5, 0.6) is 0 Å². The van der Waals surface area contributed by atoms with Crippen LogP contribution in [0.4, 0.5) is 4.79 Å². The molecule has 2 bridgehead atoms. The van der Waals surface area contributed by atoms with Crippen molar-refractivity contribution in [1.82, 2.24) is 25.8 Å². The van der Waals surface area contributed by atoms with Gasteiger partial charge in [0, 0.05) is 42.9 Å². The highest BCUT2D eigenvalue weighted by Crippen LogP contribution is 2.33. The molecule has 4 aliphatic heterocycles. The van der Waals surface area contributed by atoms with E-state index in [0.29, 0.717) is 24.0 Å². The topological polar surface area (TPSA) is 85.9 Å². The Morgan fingerprint density at radius 1 is 1.18 bits per heavy atom. The maximum absolute atomic E-state index is 13.7. The number of hydrogen-bond acceptors (Lipinski definition) is 6. The maximum Gasteiger partial charge on any atom is 0.416 e. The number of rotatable bonds is 5. The van der Waals surface area contributed by atoms with Gasteiger partial charge in [-0.2, -0.15) is 0 Å². The zero-order chi connectivity index (χ0) is 28.2. The summed E-state index contributed by atoms with van der Waals surface area (Å²) in [6.07, 6.45) is 19.0. The molecule has 212 valence electrons. The largest absolute Gasteiger partial charge is 0.421 e. The monoisotopic (exact) mass is 543 g/mol. The van der Waals surface area contributed by atoms with E-state index in [4.69, 9.17) is 4.74 Å². The van der Waals surface area contributed by atoms with E-state index in [2.05, 4.69) is 53.4 Å². The zero-order valence-corrected chi connectivity index (χ0v) is 23.7. The van der Waals surface area contributed by atoms with Gasteiger partial charge in [-0.3, -0.25) is 9.69 Å². The fraction of sp³-hybridized carbons (Fsp3) is 0.438. The number of piperidine rings is 1. The number of fused-ring (bicyclic) bond motifs is 4. The summed E-state index contributed by atoms with van der Waals surface area (Å²) in [5.74, 6) is -0.118. The normalized spacial score (nSPS) is 26.1. The van der Waals surface area contributed by atoms with E-state index in [-0.39, 0.29) is 11.9 Å². The first-order valence-electron chi connectivity index (χ1n) is 14.4. The Bertz CT molecular complexity index is 1260. The van der Waals surface area contributed by atoms with Crippen molar-refractivity contribution in [2.24, 2.45) is 0 Å². The number of carbonyl (C=O) groups excluding carboxylic acids is 2. The summed E-state index contributed by atoms with van der Waals surface area (Å²) in [5.41, 5.74) is 5.95. The summed E-state index contributed by atoms with van der Waals surface area (Å²) in [6, 6.07) is 0.144. The minimum absolute atomic E-state index is 0.118. The second-order valence-corrected chi connectivity index (χ2v) is 11.1. The first kappa shape index (κ1) is 27.8. The average Bonchev–Trinajstić information content (AvgIpc) is 3.38. The molecule has 40 heavy (non-hydrogen) atoms. The lowest BCUT2D eigenvalue weighted by atomic mass is 9.98. The Kier molecular flexibility index (Phi) is 8.45. The maximum atomic E-state index is 13.7. The molecule has 6 aliphatic rings. The SMILES string of the molecule is C=C(/C=C1\C(=C)N(C(C)=O)C(C)CN1C(=O)OC1NC2=CC=C1CCC2)C1=C(NC2CCNCC2)CC=CC=C1. The first-order chi connectivity index (χ1) is 19.3. The molecule has 0 spiro atoms. The minimum atomic E-state index is -0.492. The number of piperazine rings is 1. The van der Waals surface area contributed by atoms with Crippen molar-refractivity contribution in [3.8, 4) is 0 Å². The van der Waals surface area contributed by atoms with Crippen LogP contribution in [0.3, 0.4) is 0 Å². The van der Waals surface area contributed by atoms with Crippen LogP contribution in [0.2, 0.25) is 0 Å². The van der Waals surface area contributed by atoms with Gasteiger partial charge in [0.15, 0.2) is 6.23 Å². The van der Waals surface area contributed by atoms with E-state index >= 15 is 0 Å². The molecule has 2 unspecified atom stereocenters. The molecule has 8 heteroatoms. The molecule has 0 aromatic heterocycles. The molecule has 3 fully saturated rings. The molecule has 3 saturated heterocycles. The standard InChI is InChI=1S/C32H41N5O3/c1-21(28-11-6-5-7-12-29(28)34-27-15-17-33-18-16-27)19-30-23(3)37(24(4)38)22(2)20-36(30)32(39)40-31-25-9-8-10-26(35-31)14-13-25/h5-7,11,13-14,19,22,27,31,33-35H,1,3,8-10,12,15-18,20H2,2,4H3/b30-19+. The zero-order valence-electron chi connectivity index (χ0n) is 23.7. The van der Waals surface area contributed by atoms with Gasteiger partial charge in [-0.25, -0.2) is 4.79 Å². The van der Waals surface area contributed by atoms with E-state index in [9.17, 15) is 9.59 Å². The number of carbonyl (C=O) groups is 2. The third-order valence-electron chi connectivity index (χ3n) is 8.14. The lowest BCUT2D eigenvalue weighted by Crippen LogP contribution is -2.53. The van der Waals surface area contributed by atoms with Crippen molar-refractivity contribution in [2.45, 2.75) is 70.7 Å². The molecule has 4 heterocycles. The molecule has 0 saturated carbocycles. The molecule has 6 rings (SSSR count). The number of amides is 2. The summed E-state index contributed by atoms with van der Waals surface area (Å²) in [4.78, 5) is 29.6. The van der Waals surface area contributed by atoms with Gasteiger partial charge in [0.2, 0.25) is 5.91 Å². The van der Waals surface area contributed by atoms with E-state index in [0.717, 1.165) is 79.7 Å². The third kappa shape index (κ3) is 6.02. The van der Waals surface area contributed by atoms with Crippen molar-refractivity contribution in [3.05, 3.63) is 95.2 Å². The highest BCUT2D eigenvalue weighted by atomic mass is 16.6. The first-order valence-corrected chi connectivity index (χ1v) is 14.4. The van der Waals surface area contributed by atoms with Gasteiger partial charge >= 0.3 is 6.09 Å². The molecular formula is C32H41N5O3. The Morgan fingerprint density at radius 2 is 1.98 bits per heavy atom. The number of dihydropyridines is 1. The van der Waals surface area contributed by atoms with Crippen LogP contribution in [0.1, 0.15) is 52.4 Å². The predicted octanol–water partition coefficient (Wildman–Crippen LogP) is 4.66. The van der Waals surface area contributed by atoms with Gasteiger partial charge in [-0.05, 0) is 75.4 Å². The van der Waals surface area contributed by atoms with Crippen molar-refractivity contribution in [1.29, 1.82) is 0 Å². The van der Waals surface area contributed by atoms with Crippen molar-refractivity contribution in [2.75, 3.05) is 19.6 Å². The molecule has 0 radical (unpaired) electrons. The van der Waals surface area contributed by atoms with Crippen LogP contribution in [-0.2, 0) is 9.53 Å². The predicted molar refractivity (Wildman–Crippen MR) is 157 cm³/mol. The third-order valence-corrected chi connectivity index (χ3v) is 8.14. The van der Waals surface area contributed by atoms with Crippen molar-refractivity contribution >= 4 is 12.0 Å². The number of hydrogen-bond donors (Lipinski definition) is 3. The summed E-state index contributed by atoms with van der Waals surface area (Å²) in [7, 11) is 0. The van der Waals surface area contributed by atoms with Crippen LogP contribution < -0.4 is 16.0 Å². The molecule has 3 N–H and O–H groups in total. The Balaban J connectivity index is 1.44. The molecule has 2 amide bonds. The minimum Gasteiger partial charge on any atom is -0.421 e. The quantitative estimate of drug-likeness (QED) is 0.468. The second-order valence-electron chi connectivity index (χ2n) is 11.1. The Hall–Kier alpha value is -3.78. The number of allylic oxidation sites excluding steroid dienone is 10. The molecule has 2 atom stereocenters. The molecule has 0 aromatic carbocycles. The number of ether oxygens (including phenoxy) is 1. The van der Waals surface area contributed by atoms with Crippen molar-refractivity contribution < 1.29 is 14.3 Å². The number of nitrogens with one attached hydrogen (secondary N) is 3. The van der Waals surface area contributed by atoms with E-state index in [1.807, 2.05) is 25.2 Å². The van der Waals surface area contributed by atoms with Gasteiger partial charge in [0.1, 0.15) is 0 Å². The smallest absolute Gasteiger partial charge is 0.416 e. The lowest BCUT2D eigenvalue weighted by Gasteiger charge is -2.42. The van der Waals surface area contributed by atoms with Crippen LogP contribution in [0.15, 0.2) is 95.2 Å². The molecular weight excluding hydrogens is 502 g/mol. The lowest BCUT2D eigenvalue weighted by molar-refractivity contribution is -0.129. The van der Waals surface area contributed by atoms with E-state index in [1.54, 1.807) is 9.80 Å². The van der Waals surface area contributed by atoms with Gasteiger partial charge in [-0.1, -0.05) is 43.5 Å². The summed E-state index contributed by atoms with van der Waals surface area (Å²) in [5, 5.41) is 10.5. The second kappa shape index (κ2) is 12.2. The van der Waals surface area contributed by atoms with Gasteiger partial charge < -0.3 is 25.6 Å². The van der Waals surface area contributed by atoms with Crippen molar-refractivity contribution in [3.63, 3.8) is 0 Å². The number of nitrogens with zero attached hydrogens (tertiary/aromatic N) is 2. The summed E-state index contributed by atoms with van der Waals surface area (Å²) < 4.78 is 6.03. The average molecular weight is 544 g/mol. The van der Waals surface area contributed by atoms with Crippen LogP contribution in [0, 0.1) is 0 Å². The summed E-state index contributed by atoms with van der Waals surface area (Å²) >= 11 is 0. The van der Waals surface area contributed by atoms with Crippen LogP contribution in [-0.4, -0.2) is 59.7 Å². The molecule has 0 aromatic rings. The molecule has 2 aliphatic carbocycles. The summed E-state index contributed by atoms with van der Waals surface area (Å²) in [6.45, 7) is 14.4. The van der Waals surface area contributed by atoms with Gasteiger partial charge in [-0.15, -0.1) is 0 Å². The fourth-order valence-corrected chi connectivity index (χ4v) is 6.07. The highest BCUT2D eigenvalue weighted by molar-refractivity contribution is 5.80. The Morgan fingerprint density at radius 3 is 2.75 bits per heavy atom. The highest BCUT2D eigenvalue weighted by Gasteiger charge is 2.37. The van der Waals surface area contributed by atoms with Crippen LogP contribution in [0.25, 0.3) is 0 Å². The van der Waals surface area contributed by atoms with Gasteiger partial charge in [0.05, 0.1) is 17.4 Å². The Labute approximate surface area is 237 Å². The molecule has 8 nitrogen and oxygen atoms in total. The van der Waals surface area contributed by atoms with Gasteiger partial charge in [0.25, 0.3) is 0 Å². The van der Waals surface area contributed by atoms with E-state index in [1.165, 1.54) is 6.92 Å². The fourth-order valence-electron chi connectivity index (χ4n) is 6.07. The van der Waals surface area contributed by atoms with Crippen LogP contribution >= 0.6 is 0 Å².